The largest absolute Gasteiger partial charge is 0.481 e. The van der Waals surface area contributed by atoms with E-state index in [0.717, 1.165) is 32.1 Å². The molecule has 0 saturated heterocycles. The van der Waals surface area contributed by atoms with Crippen molar-refractivity contribution in [3.05, 3.63) is 0 Å². The van der Waals surface area contributed by atoms with Crippen LogP contribution in [0.15, 0.2) is 0 Å². The van der Waals surface area contributed by atoms with Crippen LogP contribution in [0, 0.1) is 11.8 Å². The fraction of sp³-hybridized carbons (Fsp3) is 0.833. The summed E-state index contributed by atoms with van der Waals surface area (Å²) in [5.41, 5.74) is 0. The number of rotatable bonds is 6. The number of unbranched alkanes of at least 4 members (excludes halogenated alkanes) is 1. The summed E-state index contributed by atoms with van der Waals surface area (Å²) in [7, 11) is 0. The molecule has 0 bridgehead atoms. The third-order valence-corrected chi connectivity index (χ3v) is 3.24. The highest BCUT2D eigenvalue weighted by Gasteiger charge is 2.30. The smallest absolute Gasteiger partial charge is 0.303 e. The van der Waals surface area contributed by atoms with Crippen molar-refractivity contribution in [3.63, 3.8) is 0 Å². The van der Waals surface area contributed by atoms with E-state index in [1.54, 1.807) is 0 Å². The first kappa shape index (κ1) is 12.2. The van der Waals surface area contributed by atoms with Gasteiger partial charge in [-0.15, -0.1) is 0 Å². The topological polar surface area (TPSA) is 54.4 Å². The van der Waals surface area contributed by atoms with Gasteiger partial charge in [0.2, 0.25) is 0 Å². The van der Waals surface area contributed by atoms with Crippen molar-refractivity contribution in [2.24, 2.45) is 11.8 Å². The van der Waals surface area contributed by atoms with Crippen LogP contribution in [0.3, 0.4) is 0 Å². The second-order valence-electron chi connectivity index (χ2n) is 4.54. The minimum absolute atomic E-state index is 0.154. The molecule has 2 atom stereocenters. The summed E-state index contributed by atoms with van der Waals surface area (Å²) in [5.74, 6) is 0.00497. The van der Waals surface area contributed by atoms with Gasteiger partial charge in [-0.3, -0.25) is 9.59 Å². The Morgan fingerprint density at radius 2 is 2.07 bits per heavy atom. The van der Waals surface area contributed by atoms with Gasteiger partial charge in [0.05, 0.1) is 0 Å². The van der Waals surface area contributed by atoms with E-state index in [0.29, 0.717) is 12.2 Å². The number of ketones is 1. The first-order valence-corrected chi connectivity index (χ1v) is 5.88. The zero-order valence-corrected chi connectivity index (χ0v) is 9.37. The molecule has 86 valence electrons. The Hall–Kier alpha value is -0.860. The highest BCUT2D eigenvalue weighted by Crippen LogP contribution is 2.34. The minimum Gasteiger partial charge on any atom is -0.481 e. The number of hydrogen-bond acceptors (Lipinski definition) is 2. The highest BCUT2D eigenvalue weighted by atomic mass is 16.4. The number of carbonyl (C=O) groups excluding carboxylic acids is 1. The highest BCUT2D eigenvalue weighted by molar-refractivity contribution is 5.81. The number of hydrogen-bond donors (Lipinski definition) is 1. The predicted molar refractivity (Wildman–Crippen MR) is 57.6 cm³/mol. The molecule has 0 radical (unpaired) electrons. The van der Waals surface area contributed by atoms with Crippen LogP contribution in [-0.2, 0) is 9.59 Å². The Morgan fingerprint density at radius 1 is 1.33 bits per heavy atom. The fourth-order valence-electron chi connectivity index (χ4n) is 2.35. The van der Waals surface area contributed by atoms with Crippen LogP contribution in [0.5, 0.6) is 0 Å². The summed E-state index contributed by atoms with van der Waals surface area (Å²) in [6.45, 7) is 2.08. The maximum atomic E-state index is 11.7. The second kappa shape index (κ2) is 5.89. The standard InChI is InChI=1S/C12H20O3/c1-2-3-4-11(13)10-6-5-9(7-10)8-12(14)15/h9-10H,2-8H2,1H3,(H,14,15)/t9-,10+/m1/s1. The summed E-state index contributed by atoms with van der Waals surface area (Å²) in [6, 6.07) is 0. The molecule has 1 aliphatic rings. The van der Waals surface area contributed by atoms with E-state index in [1.165, 1.54) is 0 Å². The van der Waals surface area contributed by atoms with Gasteiger partial charge in [-0.2, -0.15) is 0 Å². The normalized spacial score (nSPS) is 25.4. The van der Waals surface area contributed by atoms with Crippen LogP contribution in [0.4, 0.5) is 0 Å². The lowest BCUT2D eigenvalue weighted by Crippen LogP contribution is -2.12. The maximum absolute atomic E-state index is 11.7. The minimum atomic E-state index is -0.735. The maximum Gasteiger partial charge on any atom is 0.303 e. The molecule has 1 fully saturated rings. The molecule has 1 saturated carbocycles. The average molecular weight is 212 g/mol. The van der Waals surface area contributed by atoms with Crippen molar-refractivity contribution in [1.29, 1.82) is 0 Å². The molecule has 0 spiro atoms. The van der Waals surface area contributed by atoms with Gasteiger partial charge in [-0.05, 0) is 31.6 Å². The van der Waals surface area contributed by atoms with E-state index in [-0.39, 0.29) is 18.3 Å². The van der Waals surface area contributed by atoms with Gasteiger partial charge in [0.1, 0.15) is 5.78 Å². The van der Waals surface area contributed by atoms with Gasteiger partial charge in [-0.25, -0.2) is 0 Å². The summed E-state index contributed by atoms with van der Waals surface area (Å²) in [4.78, 5) is 22.2. The van der Waals surface area contributed by atoms with E-state index < -0.39 is 5.97 Å². The fourth-order valence-corrected chi connectivity index (χ4v) is 2.35. The molecule has 0 aromatic heterocycles. The number of Topliss-reactive ketones (excluding diaryl/α,β-unsaturated/α-hetero) is 1. The molecule has 15 heavy (non-hydrogen) atoms. The quantitative estimate of drug-likeness (QED) is 0.736. The molecular weight excluding hydrogens is 192 g/mol. The first-order chi connectivity index (χ1) is 7.13. The van der Waals surface area contributed by atoms with Crippen molar-refractivity contribution in [2.45, 2.75) is 51.9 Å². The molecule has 0 aromatic carbocycles. The van der Waals surface area contributed by atoms with E-state index >= 15 is 0 Å². The molecule has 3 heteroatoms. The zero-order chi connectivity index (χ0) is 11.3. The Bertz CT molecular complexity index is 235. The SMILES string of the molecule is CCCCC(=O)[C@H]1CC[C@@H](CC(=O)O)C1. The van der Waals surface area contributed by atoms with Crippen molar-refractivity contribution in [2.75, 3.05) is 0 Å². The average Bonchev–Trinajstić information content (AvgIpc) is 2.61. The van der Waals surface area contributed by atoms with Crippen LogP contribution in [-0.4, -0.2) is 16.9 Å². The lowest BCUT2D eigenvalue weighted by molar-refractivity contribution is -0.138. The van der Waals surface area contributed by atoms with Crippen LogP contribution < -0.4 is 0 Å². The number of carbonyl (C=O) groups is 2. The third-order valence-electron chi connectivity index (χ3n) is 3.24. The van der Waals surface area contributed by atoms with Gasteiger partial charge in [0.25, 0.3) is 0 Å². The van der Waals surface area contributed by atoms with Gasteiger partial charge >= 0.3 is 5.97 Å². The van der Waals surface area contributed by atoms with Gasteiger partial charge in [0.15, 0.2) is 0 Å². The third kappa shape index (κ3) is 4.02. The van der Waals surface area contributed by atoms with E-state index in [4.69, 9.17) is 5.11 Å². The molecule has 3 nitrogen and oxygen atoms in total. The van der Waals surface area contributed by atoms with E-state index in [1.807, 2.05) is 0 Å². The van der Waals surface area contributed by atoms with Gasteiger partial charge < -0.3 is 5.11 Å². The molecule has 1 rings (SSSR count). The number of carboxylic acid groups (broad SMARTS) is 1. The Labute approximate surface area is 90.9 Å². The first-order valence-electron chi connectivity index (χ1n) is 5.88. The molecular formula is C12H20O3. The monoisotopic (exact) mass is 212 g/mol. The van der Waals surface area contributed by atoms with Crippen molar-refractivity contribution in [1.82, 2.24) is 0 Å². The van der Waals surface area contributed by atoms with Crippen molar-refractivity contribution in [3.8, 4) is 0 Å². The molecule has 0 amide bonds. The summed E-state index contributed by atoms with van der Waals surface area (Å²) >= 11 is 0. The number of aliphatic carboxylic acids is 1. The van der Waals surface area contributed by atoms with E-state index in [2.05, 4.69) is 6.92 Å². The molecule has 1 N–H and O–H groups in total. The Morgan fingerprint density at radius 3 is 2.67 bits per heavy atom. The van der Waals surface area contributed by atoms with Crippen LogP contribution in [0.2, 0.25) is 0 Å². The van der Waals surface area contributed by atoms with Crippen molar-refractivity contribution < 1.29 is 14.7 Å². The lowest BCUT2D eigenvalue weighted by atomic mass is 9.96. The summed E-state index contributed by atoms with van der Waals surface area (Å²) in [6.07, 6.45) is 5.55. The number of carboxylic acids is 1. The predicted octanol–water partition coefficient (Wildman–Crippen LogP) is 2.64. The molecule has 0 aliphatic heterocycles. The van der Waals surface area contributed by atoms with Crippen LogP contribution in [0.1, 0.15) is 51.9 Å². The van der Waals surface area contributed by atoms with Crippen molar-refractivity contribution >= 4 is 11.8 Å². The van der Waals surface area contributed by atoms with Gasteiger partial charge in [-0.1, -0.05) is 13.3 Å². The molecule has 0 unspecified atom stereocenters. The van der Waals surface area contributed by atoms with Crippen LogP contribution in [0.25, 0.3) is 0 Å². The van der Waals surface area contributed by atoms with Crippen LogP contribution >= 0.6 is 0 Å². The summed E-state index contributed by atoms with van der Waals surface area (Å²) < 4.78 is 0. The second-order valence-corrected chi connectivity index (χ2v) is 4.54. The summed E-state index contributed by atoms with van der Waals surface area (Å²) in [5, 5.41) is 8.66. The molecule has 0 heterocycles. The lowest BCUT2D eigenvalue weighted by Gasteiger charge is -2.08. The van der Waals surface area contributed by atoms with Gasteiger partial charge in [0, 0.05) is 18.8 Å². The van der Waals surface area contributed by atoms with E-state index in [9.17, 15) is 9.59 Å². The Balaban J connectivity index is 2.29. The Kier molecular flexibility index (Phi) is 4.79. The molecule has 1 aliphatic carbocycles. The zero-order valence-electron chi connectivity index (χ0n) is 9.37. The molecule has 0 aromatic rings.